The highest BCUT2D eigenvalue weighted by molar-refractivity contribution is 5.83. The molecule has 0 aromatic heterocycles. The maximum absolute atomic E-state index is 13.4. The molecule has 1 aromatic rings. The van der Waals surface area contributed by atoms with E-state index in [1.54, 1.807) is 24.3 Å². The van der Waals surface area contributed by atoms with Crippen LogP contribution in [0.3, 0.4) is 0 Å². The Labute approximate surface area is 118 Å². The zero-order chi connectivity index (χ0) is 15.0. The second kappa shape index (κ2) is 8.09. The van der Waals surface area contributed by atoms with E-state index in [-0.39, 0.29) is 24.2 Å². The third kappa shape index (κ3) is 5.22. The number of benzene rings is 1. The lowest BCUT2D eigenvalue weighted by atomic mass is 10.1. The Hall–Kier alpha value is -2.17. The van der Waals surface area contributed by atoms with Crippen LogP contribution in [0.25, 0.3) is 0 Å². The maximum atomic E-state index is 13.4. The van der Waals surface area contributed by atoms with E-state index in [1.165, 1.54) is 17.9 Å². The summed E-state index contributed by atoms with van der Waals surface area (Å²) in [5.74, 6) is -0.730. The van der Waals surface area contributed by atoms with Crippen molar-refractivity contribution in [3.05, 3.63) is 48.3 Å². The number of rotatable bonds is 7. The average Bonchev–Trinajstić information content (AvgIpc) is 2.40. The molecule has 0 saturated carbocycles. The molecule has 0 aliphatic carbocycles. The highest BCUT2D eigenvalue weighted by Gasteiger charge is 2.11. The van der Waals surface area contributed by atoms with Crippen molar-refractivity contribution in [2.24, 2.45) is 0 Å². The summed E-state index contributed by atoms with van der Waals surface area (Å²) in [7, 11) is 0. The number of halogens is 1. The molecule has 108 valence electrons. The van der Waals surface area contributed by atoms with Crippen LogP contribution in [0, 0.1) is 5.82 Å². The lowest BCUT2D eigenvalue weighted by Crippen LogP contribution is -2.40. The van der Waals surface area contributed by atoms with Crippen molar-refractivity contribution in [1.82, 2.24) is 10.2 Å². The second-order valence-electron chi connectivity index (χ2n) is 4.38. The molecule has 0 fully saturated rings. The normalized spacial score (nSPS) is 9.90. The van der Waals surface area contributed by atoms with Gasteiger partial charge in [0, 0.05) is 20.0 Å². The number of nitrogens with one attached hydrogen (secondary N) is 1. The van der Waals surface area contributed by atoms with Crippen LogP contribution in [-0.2, 0) is 16.0 Å². The molecule has 0 aliphatic heterocycles. The Balaban J connectivity index is 2.38. The minimum atomic E-state index is -0.279. The van der Waals surface area contributed by atoms with Crippen molar-refractivity contribution in [3.8, 4) is 0 Å². The molecular formula is C15H19FN2O2. The standard InChI is InChI=1S/C15H19FN2O2/c1-3-10-18(12(2)19)11-15(20)17-9-8-13-6-4-5-7-14(13)16/h3-7H,1,8-11H2,2H3,(H,17,20). The molecule has 0 spiro atoms. The molecule has 20 heavy (non-hydrogen) atoms. The third-order valence-corrected chi connectivity index (χ3v) is 2.80. The molecule has 5 heteroatoms. The van der Waals surface area contributed by atoms with Gasteiger partial charge in [0.2, 0.25) is 11.8 Å². The molecule has 0 saturated heterocycles. The van der Waals surface area contributed by atoms with Gasteiger partial charge < -0.3 is 10.2 Å². The molecule has 0 bridgehead atoms. The van der Waals surface area contributed by atoms with E-state index in [4.69, 9.17) is 0 Å². The van der Waals surface area contributed by atoms with Gasteiger partial charge in [-0.3, -0.25) is 9.59 Å². The van der Waals surface area contributed by atoms with Gasteiger partial charge in [-0.05, 0) is 18.1 Å². The van der Waals surface area contributed by atoms with E-state index in [0.717, 1.165) is 0 Å². The summed E-state index contributed by atoms with van der Waals surface area (Å²) in [6.07, 6.45) is 1.98. The summed E-state index contributed by atoms with van der Waals surface area (Å²) in [5, 5.41) is 2.67. The number of amides is 2. The number of nitrogens with zero attached hydrogens (tertiary/aromatic N) is 1. The zero-order valence-electron chi connectivity index (χ0n) is 11.6. The van der Waals surface area contributed by atoms with Gasteiger partial charge in [0.25, 0.3) is 0 Å². The maximum Gasteiger partial charge on any atom is 0.239 e. The molecule has 0 aliphatic rings. The van der Waals surface area contributed by atoms with Crippen LogP contribution >= 0.6 is 0 Å². The predicted octanol–water partition coefficient (Wildman–Crippen LogP) is 1.52. The van der Waals surface area contributed by atoms with Crippen LogP contribution in [0.5, 0.6) is 0 Å². The van der Waals surface area contributed by atoms with Crippen molar-refractivity contribution in [3.63, 3.8) is 0 Å². The summed E-state index contributed by atoms with van der Waals surface area (Å²) in [6, 6.07) is 6.44. The predicted molar refractivity (Wildman–Crippen MR) is 75.6 cm³/mol. The van der Waals surface area contributed by atoms with Gasteiger partial charge in [-0.1, -0.05) is 24.3 Å². The van der Waals surface area contributed by atoms with E-state index < -0.39 is 0 Å². The highest BCUT2D eigenvalue weighted by atomic mass is 19.1. The van der Waals surface area contributed by atoms with Gasteiger partial charge in [-0.25, -0.2) is 4.39 Å². The lowest BCUT2D eigenvalue weighted by Gasteiger charge is -2.18. The minimum absolute atomic E-state index is 0.0153. The summed E-state index contributed by atoms with van der Waals surface area (Å²) in [5.41, 5.74) is 0.558. The van der Waals surface area contributed by atoms with Gasteiger partial charge >= 0.3 is 0 Å². The van der Waals surface area contributed by atoms with Gasteiger partial charge in [0.05, 0.1) is 6.54 Å². The molecule has 0 atom stereocenters. The Morgan fingerprint density at radius 2 is 2.10 bits per heavy atom. The molecular weight excluding hydrogens is 259 g/mol. The first-order chi connectivity index (χ1) is 9.54. The number of hydrogen-bond acceptors (Lipinski definition) is 2. The van der Waals surface area contributed by atoms with Crippen LogP contribution in [0.2, 0.25) is 0 Å². The zero-order valence-corrected chi connectivity index (χ0v) is 11.6. The molecule has 1 aromatic carbocycles. The molecule has 2 amide bonds. The average molecular weight is 278 g/mol. The highest BCUT2D eigenvalue weighted by Crippen LogP contribution is 2.06. The topological polar surface area (TPSA) is 49.4 Å². The van der Waals surface area contributed by atoms with Crippen LogP contribution in [0.4, 0.5) is 4.39 Å². The van der Waals surface area contributed by atoms with E-state index >= 15 is 0 Å². The van der Waals surface area contributed by atoms with Gasteiger partial charge in [-0.15, -0.1) is 6.58 Å². The fourth-order valence-corrected chi connectivity index (χ4v) is 1.73. The third-order valence-electron chi connectivity index (χ3n) is 2.80. The molecule has 1 rings (SSSR count). The quantitative estimate of drug-likeness (QED) is 0.769. The van der Waals surface area contributed by atoms with Crippen molar-refractivity contribution in [2.45, 2.75) is 13.3 Å². The van der Waals surface area contributed by atoms with Gasteiger partial charge in [-0.2, -0.15) is 0 Å². The van der Waals surface area contributed by atoms with Crippen molar-refractivity contribution in [2.75, 3.05) is 19.6 Å². The van der Waals surface area contributed by atoms with Crippen LogP contribution in [0.15, 0.2) is 36.9 Å². The lowest BCUT2D eigenvalue weighted by molar-refractivity contribution is -0.133. The van der Waals surface area contributed by atoms with E-state index in [1.807, 2.05) is 0 Å². The van der Waals surface area contributed by atoms with E-state index in [9.17, 15) is 14.0 Å². The first kappa shape index (κ1) is 15.9. The summed E-state index contributed by atoms with van der Waals surface area (Å²) >= 11 is 0. The Kier molecular flexibility index (Phi) is 6.43. The smallest absolute Gasteiger partial charge is 0.239 e. The fourth-order valence-electron chi connectivity index (χ4n) is 1.73. The van der Waals surface area contributed by atoms with Gasteiger partial charge in [0.1, 0.15) is 5.82 Å². The van der Waals surface area contributed by atoms with Crippen LogP contribution in [-0.4, -0.2) is 36.3 Å². The number of carbonyl (C=O) groups excluding carboxylic acids is 2. The first-order valence-electron chi connectivity index (χ1n) is 6.41. The van der Waals surface area contributed by atoms with Gasteiger partial charge in [0.15, 0.2) is 0 Å². The van der Waals surface area contributed by atoms with Crippen molar-refractivity contribution in [1.29, 1.82) is 0 Å². The monoisotopic (exact) mass is 278 g/mol. The summed E-state index contributed by atoms with van der Waals surface area (Å²) in [6.45, 7) is 5.58. The first-order valence-corrected chi connectivity index (χ1v) is 6.41. The number of hydrogen-bond donors (Lipinski definition) is 1. The van der Waals surface area contributed by atoms with Crippen LogP contribution in [0.1, 0.15) is 12.5 Å². The minimum Gasteiger partial charge on any atom is -0.354 e. The fraction of sp³-hybridized carbons (Fsp3) is 0.333. The summed E-state index contributed by atoms with van der Waals surface area (Å²) in [4.78, 5) is 24.3. The molecule has 4 nitrogen and oxygen atoms in total. The largest absolute Gasteiger partial charge is 0.354 e. The van der Waals surface area contributed by atoms with Crippen molar-refractivity contribution >= 4 is 11.8 Å². The SMILES string of the molecule is C=CCN(CC(=O)NCCc1ccccc1F)C(C)=O. The van der Waals surface area contributed by atoms with E-state index in [0.29, 0.717) is 25.1 Å². The number of carbonyl (C=O) groups is 2. The second-order valence-corrected chi connectivity index (χ2v) is 4.38. The van der Waals surface area contributed by atoms with E-state index in [2.05, 4.69) is 11.9 Å². The summed E-state index contributed by atoms with van der Waals surface area (Å²) < 4.78 is 13.4. The Bertz CT molecular complexity index is 489. The molecule has 0 unspecified atom stereocenters. The van der Waals surface area contributed by atoms with Crippen LogP contribution < -0.4 is 5.32 Å². The Morgan fingerprint density at radius 1 is 1.40 bits per heavy atom. The molecule has 0 radical (unpaired) electrons. The molecule has 1 N–H and O–H groups in total. The van der Waals surface area contributed by atoms with Crippen molar-refractivity contribution < 1.29 is 14.0 Å². The molecule has 0 heterocycles. The Morgan fingerprint density at radius 3 is 2.70 bits per heavy atom.